The molecule has 0 saturated carbocycles. The van der Waals surface area contributed by atoms with E-state index in [1.807, 2.05) is 0 Å². The molecule has 0 aromatic heterocycles. The van der Waals surface area contributed by atoms with Crippen molar-refractivity contribution in [3.05, 3.63) is 74.9 Å². The second kappa shape index (κ2) is 10.7. The van der Waals surface area contributed by atoms with Crippen molar-refractivity contribution in [2.45, 2.75) is 26.8 Å². The number of esters is 1. The number of hydrogen-bond acceptors (Lipinski definition) is 5. The van der Waals surface area contributed by atoms with Gasteiger partial charge in [-0.15, -0.1) is 0 Å². The Kier molecular flexibility index (Phi) is 8.00. The molecule has 0 radical (unpaired) electrons. The molecule has 0 aliphatic carbocycles. The lowest BCUT2D eigenvalue weighted by molar-refractivity contribution is -0.139. The van der Waals surface area contributed by atoms with E-state index in [1.54, 1.807) is 56.3 Å². The van der Waals surface area contributed by atoms with E-state index < -0.39 is 12.0 Å². The number of amides is 2. The van der Waals surface area contributed by atoms with Crippen LogP contribution in [0.5, 0.6) is 5.75 Å². The highest BCUT2D eigenvalue weighted by Gasteiger charge is 2.38. The monoisotopic (exact) mass is 490 g/mol. The molecule has 9 heteroatoms. The zero-order valence-electron chi connectivity index (χ0n) is 18.5. The van der Waals surface area contributed by atoms with E-state index in [-0.39, 0.29) is 30.6 Å². The zero-order valence-corrected chi connectivity index (χ0v) is 20.0. The van der Waals surface area contributed by atoms with E-state index in [2.05, 4.69) is 5.32 Å². The van der Waals surface area contributed by atoms with Crippen LogP contribution >= 0.6 is 23.2 Å². The second-order valence-electron chi connectivity index (χ2n) is 7.25. The summed E-state index contributed by atoms with van der Waals surface area (Å²) in [5.74, 6) is -0.138. The van der Waals surface area contributed by atoms with Crippen LogP contribution in [0.3, 0.4) is 0 Å². The fourth-order valence-corrected chi connectivity index (χ4v) is 3.83. The quantitative estimate of drug-likeness (QED) is 0.407. The number of Topliss-reactive ketones (excluding diaryl/α,β-unsaturated/α-hetero) is 1. The molecule has 0 unspecified atom stereocenters. The molecule has 1 aliphatic rings. The average molecular weight is 491 g/mol. The first kappa shape index (κ1) is 24.6. The van der Waals surface area contributed by atoms with E-state index >= 15 is 0 Å². The highest BCUT2D eigenvalue weighted by Crippen LogP contribution is 2.34. The molecular weight excluding hydrogens is 467 g/mol. The molecule has 174 valence electrons. The summed E-state index contributed by atoms with van der Waals surface area (Å²) in [6.07, 6.45) is 0. The number of rotatable bonds is 8. The molecule has 2 aromatic rings. The van der Waals surface area contributed by atoms with Crippen LogP contribution in [0.15, 0.2) is 53.7 Å². The minimum Gasteiger partial charge on any atom is -0.487 e. The van der Waals surface area contributed by atoms with E-state index in [0.717, 1.165) is 0 Å². The highest BCUT2D eigenvalue weighted by atomic mass is 35.5. The third-order valence-corrected chi connectivity index (χ3v) is 5.90. The van der Waals surface area contributed by atoms with Crippen LogP contribution in [0.2, 0.25) is 10.0 Å². The molecular formula is C24H24Cl2N2O5. The van der Waals surface area contributed by atoms with Crippen LogP contribution in [0, 0.1) is 0 Å². The van der Waals surface area contributed by atoms with Crippen LogP contribution < -0.4 is 10.1 Å². The Bertz CT molecular complexity index is 1100. The summed E-state index contributed by atoms with van der Waals surface area (Å²) in [6, 6.07) is 10.4. The van der Waals surface area contributed by atoms with Crippen molar-refractivity contribution in [3.63, 3.8) is 0 Å². The Balaban J connectivity index is 2.04. The van der Waals surface area contributed by atoms with Crippen LogP contribution in [0.25, 0.3) is 0 Å². The predicted molar refractivity (Wildman–Crippen MR) is 126 cm³/mol. The maximum atomic E-state index is 13.0. The summed E-state index contributed by atoms with van der Waals surface area (Å²) in [7, 11) is 0. The van der Waals surface area contributed by atoms with E-state index in [1.165, 1.54) is 11.8 Å². The average Bonchev–Trinajstić information content (AvgIpc) is 2.79. The molecule has 0 spiro atoms. The van der Waals surface area contributed by atoms with Gasteiger partial charge in [-0.05, 0) is 62.7 Å². The van der Waals surface area contributed by atoms with Gasteiger partial charge < -0.3 is 14.8 Å². The van der Waals surface area contributed by atoms with Gasteiger partial charge in [-0.3, -0.25) is 9.69 Å². The molecule has 1 aliphatic heterocycles. The van der Waals surface area contributed by atoms with Gasteiger partial charge in [0.05, 0.1) is 34.0 Å². The summed E-state index contributed by atoms with van der Waals surface area (Å²) >= 11 is 12.2. The fraction of sp³-hybridized carbons (Fsp3) is 0.292. The molecule has 0 bridgehead atoms. The second-order valence-corrected chi connectivity index (χ2v) is 8.06. The van der Waals surface area contributed by atoms with Crippen molar-refractivity contribution in [1.29, 1.82) is 0 Å². The van der Waals surface area contributed by atoms with Gasteiger partial charge in [-0.25, -0.2) is 9.59 Å². The Labute approximate surface area is 202 Å². The molecule has 0 fully saturated rings. The van der Waals surface area contributed by atoms with Crippen molar-refractivity contribution in [2.24, 2.45) is 0 Å². The number of hydrogen-bond donors (Lipinski definition) is 1. The van der Waals surface area contributed by atoms with Crippen LogP contribution in [-0.2, 0) is 9.53 Å². The fourth-order valence-electron chi connectivity index (χ4n) is 3.52. The number of urea groups is 1. The van der Waals surface area contributed by atoms with Gasteiger partial charge in [0.15, 0.2) is 5.78 Å². The number of likely N-dealkylation sites (N-methyl/N-ethyl adjacent to an activating group) is 1. The number of nitrogens with zero attached hydrogens (tertiary/aromatic N) is 1. The van der Waals surface area contributed by atoms with Crippen molar-refractivity contribution < 1.29 is 23.9 Å². The van der Waals surface area contributed by atoms with Gasteiger partial charge in [0.1, 0.15) is 12.4 Å². The Hall–Kier alpha value is -3.03. The van der Waals surface area contributed by atoms with Gasteiger partial charge in [-0.1, -0.05) is 29.3 Å². The molecule has 0 saturated heterocycles. The first-order valence-corrected chi connectivity index (χ1v) is 11.2. The number of carbonyl (C=O) groups is 3. The molecule has 7 nitrogen and oxygen atoms in total. The highest BCUT2D eigenvalue weighted by molar-refractivity contribution is 6.42. The van der Waals surface area contributed by atoms with Crippen molar-refractivity contribution in [3.8, 4) is 5.75 Å². The molecule has 1 N–H and O–H groups in total. The van der Waals surface area contributed by atoms with Gasteiger partial charge >= 0.3 is 12.0 Å². The number of nitrogens with one attached hydrogen (secondary N) is 1. The molecule has 33 heavy (non-hydrogen) atoms. The molecule has 1 heterocycles. The topological polar surface area (TPSA) is 84.9 Å². The number of ether oxygens (including phenoxy) is 2. The summed E-state index contributed by atoms with van der Waals surface area (Å²) < 4.78 is 11.2. The zero-order chi connectivity index (χ0) is 24.1. The van der Waals surface area contributed by atoms with E-state index in [4.69, 9.17) is 32.7 Å². The lowest BCUT2D eigenvalue weighted by Crippen LogP contribution is -2.49. The minimum atomic E-state index is -0.798. The Morgan fingerprint density at radius 2 is 1.76 bits per heavy atom. The predicted octanol–water partition coefficient (Wildman–Crippen LogP) is 5.18. The summed E-state index contributed by atoms with van der Waals surface area (Å²) in [6.45, 7) is 5.39. The maximum absolute atomic E-state index is 13.0. The van der Waals surface area contributed by atoms with E-state index in [0.29, 0.717) is 39.2 Å². The Morgan fingerprint density at radius 3 is 2.33 bits per heavy atom. The van der Waals surface area contributed by atoms with Crippen molar-refractivity contribution in [1.82, 2.24) is 10.2 Å². The normalized spacial score (nSPS) is 15.8. The van der Waals surface area contributed by atoms with Crippen LogP contribution in [0.4, 0.5) is 4.79 Å². The van der Waals surface area contributed by atoms with Gasteiger partial charge in [0.25, 0.3) is 0 Å². The summed E-state index contributed by atoms with van der Waals surface area (Å²) in [5.41, 5.74) is 1.77. The van der Waals surface area contributed by atoms with Crippen LogP contribution in [0.1, 0.15) is 42.7 Å². The molecule has 2 amide bonds. The number of benzene rings is 2. The SMILES string of the molecule is CCOC(=O)C1=C(COc2ccc(C(C)=O)cc2)N(CC)C(=O)N[C@@H]1c1ccc(Cl)c(Cl)c1. The summed E-state index contributed by atoms with van der Waals surface area (Å²) in [4.78, 5) is 38.9. The first-order chi connectivity index (χ1) is 15.8. The molecule has 1 atom stereocenters. The number of halogens is 2. The lowest BCUT2D eigenvalue weighted by Gasteiger charge is -2.36. The summed E-state index contributed by atoms with van der Waals surface area (Å²) in [5, 5.41) is 3.51. The third kappa shape index (κ3) is 5.49. The number of carbonyl (C=O) groups excluding carboxylic acids is 3. The standard InChI is InChI=1S/C24H24Cl2N2O5/c1-4-28-20(13-33-17-9-6-15(7-10-17)14(3)29)21(23(30)32-5-2)22(27-24(28)31)16-8-11-18(25)19(26)12-16/h6-12,22H,4-5,13H2,1-3H3,(H,27,31)/t22-/m1/s1. The lowest BCUT2D eigenvalue weighted by atomic mass is 9.94. The number of ketones is 1. The molecule has 3 rings (SSSR count). The van der Waals surface area contributed by atoms with Gasteiger partial charge in [0.2, 0.25) is 0 Å². The first-order valence-electron chi connectivity index (χ1n) is 10.4. The van der Waals surface area contributed by atoms with Crippen LogP contribution in [-0.4, -0.2) is 42.4 Å². The Morgan fingerprint density at radius 1 is 1.06 bits per heavy atom. The minimum absolute atomic E-state index is 0.0561. The van der Waals surface area contributed by atoms with Crippen molar-refractivity contribution >= 4 is 41.0 Å². The van der Waals surface area contributed by atoms with Crippen molar-refractivity contribution in [2.75, 3.05) is 19.8 Å². The third-order valence-electron chi connectivity index (χ3n) is 5.16. The van der Waals surface area contributed by atoms with Gasteiger partial charge in [0, 0.05) is 12.1 Å². The largest absolute Gasteiger partial charge is 0.487 e. The van der Waals surface area contributed by atoms with E-state index in [9.17, 15) is 14.4 Å². The maximum Gasteiger partial charge on any atom is 0.338 e. The van der Waals surface area contributed by atoms with Gasteiger partial charge in [-0.2, -0.15) is 0 Å². The smallest absolute Gasteiger partial charge is 0.338 e. The molecule has 2 aromatic carbocycles.